The summed E-state index contributed by atoms with van der Waals surface area (Å²) in [5, 5.41) is 0.794. The first-order valence-corrected chi connectivity index (χ1v) is 11.5. The molecule has 0 N–H and O–H groups in total. The molecular weight excluding hydrogens is 350 g/mol. The van der Waals surface area contributed by atoms with Crippen molar-refractivity contribution in [2.75, 3.05) is 0 Å². The molecule has 0 amide bonds. The van der Waals surface area contributed by atoms with Crippen LogP contribution in [0.4, 0.5) is 0 Å². The van der Waals surface area contributed by atoms with Crippen LogP contribution in [0.25, 0.3) is 0 Å². The van der Waals surface area contributed by atoms with Crippen molar-refractivity contribution in [3.8, 4) is 0 Å². The van der Waals surface area contributed by atoms with Crippen LogP contribution in [0.3, 0.4) is 0 Å². The fourth-order valence-corrected chi connectivity index (χ4v) is 7.14. The van der Waals surface area contributed by atoms with Crippen LogP contribution < -0.4 is 0 Å². The van der Waals surface area contributed by atoms with E-state index in [1.165, 1.54) is 41.7 Å². The van der Waals surface area contributed by atoms with E-state index in [0.717, 1.165) is 17.8 Å². The number of aromatic nitrogens is 1. The predicted octanol–water partition coefficient (Wildman–Crippen LogP) is 5.45. The third kappa shape index (κ3) is 3.41. The molecule has 0 saturated carbocycles. The highest BCUT2D eigenvalue weighted by molar-refractivity contribution is 7.93. The Morgan fingerprint density at radius 3 is 2.64 bits per heavy atom. The summed E-state index contributed by atoms with van der Waals surface area (Å²) in [6.45, 7) is 8.14. The number of hydrogen-bond donors (Lipinski definition) is 0. The average molecular weight is 378 g/mol. The number of rotatable bonds is 6. The molecule has 0 bridgehead atoms. The van der Waals surface area contributed by atoms with Crippen molar-refractivity contribution in [2.45, 2.75) is 74.8 Å². The summed E-state index contributed by atoms with van der Waals surface area (Å²) < 4.78 is 26.4. The maximum absolute atomic E-state index is 13.0. The van der Waals surface area contributed by atoms with Crippen molar-refractivity contribution in [1.82, 2.24) is 4.98 Å². The molecule has 0 aliphatic heterocycles. The molecule has 2 unspecified atom stereocenters. The Bertz CT molecular complexity index is 868. The van der Waals surface area contributed by atoms with Crippen LogP contribution in [-0.4, -0.2) is 13.4 Å². The van der Waals surface area contributed by atoms with Gasteiger partial charge in [-0.2, -0.15) is 0 Å². The van der Waals surface area contributed by atoms with Crippen LogP contribution in [0.2, 0.25) is 0 Å². The number of benzene rings is 1. The van der Waals surface area contributed by atoms with Crippen LogP contribution in [-0.2, 0) is 16.3 Å². The van der Waals surface area contributed by atoms with Crippen molar-refractivity contribution in [1.29, 1.82) is 0 Å². The Balaban J connectivity index is 1.96. The summed E-state index contributed by atoms with van der Waals surface area (Å²) in [4.78, 5) is 4.70. The Kier molecular flexibility index (Phi) is 5.35. The lowest BCUT2D eigenvalue weighted by Gasteiger charge is -2.22. The van der Waals surface area contributed by atoms with E-state index in [4.69, 9.17) is 0 Å². The molecule has 2 aromatic rings. The van der Waals surface area contributed by atoms with Crippen molar-refractivity contribution >= 4 is 21.2 Å². The van der Waals surface area contributed by atoms with Crippen molar-refractivity contribution in [2.24, 2.45) is 5.92 Å². The van der Waals surface area contributed by atoms with Gasteiger partial charge in [0, 0.05) is 0 Å². The first-order chi connectivity index (χ1) is 11.9. The van der Waals surface area contributed by atoms with E-state index in [0.29, 0.717) is 26.6 Å². The standard InChI is InChI=1S/C20H27NO2S2/c1-5-7-15(6-2)18-10-8-16-12-17(9-11-19(16)18)25(22,23)20-13(3)21-14(4)24-20/h9,11-12,15,18H,5-8,10H2,1-4H3. The minimum atomic E-state index is -3.47. The number of hydrogen-bond acceptors (Lipinski definition) is 4. The van der Waals surface area contributed by atoms with Gasteiger partial charge in [-0.1, -0.05) is 39.2 Å². The van der Waals surface area contributed by atoms with Crippen LogP contribution in [0.15, 0.2) is 27.3 Å². The highest BCUT2D eigenvalue weighted by Crippen LogP contribution is 2.42. The normalized spacial score (nSPS) is 18.3. The summed E-state index contributed by atoms with van der Waals surface area (Å²) >= 11 is 1.27. The first kappa shape index (κ1) is 18.6. The van der Waals surface area contributed by atoms with E-state index in [-0.39, 0.29) is 0 Å². The second-order valence-electron chi connectivity index (χ2n) is 7.07. The number of nitrogens with zero attached hydrogens (tertiary/aromatic N) is 1. The van der Waals surface area contributed by atoms with E-state index >= 15 is 0 Å². The quantitative estimate of drug-likeness (QED) is 0.672. The van der Waals surface area contributed by atoms with Gasteiger partial charge in [-0.25, -0.2) is 13.4 Å². The fraction of sp³-hybridized carbons (Fsp3) is 0.550. The maximum atomic E-state index is 13.0. The maximum Gasteiger partial charge on any atom is 0.217 e. The van der Waals surface area contributed by atoms with Crippen molar-refractivity contribution in [3.63, 3.8) is 0 Å². The van der Waals surface area contributed by atoms with Gasteiger partial charge in [-0.05, 0) is 61.8 Å². The Labute approximate surface area is 155 Å². The van der Waals surface area contributed by atoms with Gasteiger partial charge >= 0.3 is 0 Å². The monoisotopic (exact) mass is 377 g/mol. The lowest BCUT2D eigenvalue weighted by atomic mass is 9.83. The Morgan fingerprint density at radius 1 is 1.28 bits per heavy atom. The highest BCUT2D eigenvalue weighted by Gasteiger charge is 2.31. The zero-order valence-corrected chi connectivity index (χ0v) is 17.1. The highest BCUT2D eigenvalue weighted by atomic mass is 32.2. The third-order valence-electron chi connectivity index (χ3n) is 5.41. The Hall–Kier alpha value is -1.20. The largest absolute Gasteiger partial charge is 0.245 e. The molecule has 0 spiro atoms. The second kappa shape index (κ2) is 7.20. The summed E-state index contributed by atoms with van der Waals surface area (Å²) in [6.07, 6.45) is 5.79. The molecule has 1 aromatic carbocycles. The van der Waals surface area contributed by atoms with Gasteiger partial charge in [0.15, 0.2) is 0 Å². The van der Waals surface area contributed by atoms with E-state index in [1.807, 2.05) is 13.0 Å². The number of sulfone groups is 1. The molecule has 136 valence electrons. The van der Waals surface area contributed by atoms with Gasteiger partial charge in [0.2, 0.25) is 9.84 Å². The molecule has 1 aliphatic carbocycles. The molecule has 25 heavy (non-hydrogen) atoms. The Morgan fingerprint density at radius 2 is 2.04 bits per heavy atom. The van der Waals surface area contributed by atoms with Gasteiger partial charge in [0.25, 0.3) is 0 Å². The van der Waals surface area contributed by atoms with Crippen LogP contribution in [0.5, 0.6) is 0 Å². The van der Waals surface area contributed by atoms with Crippen LogP contribution in [0.1, 0.15) is 67.3 Å². The molecule has 3 rings (SSSR count). The third-order valence-corrected chi connectivity index (χ3v) is 8.84. The first-order valence-electron chi connectivity index (χ1n) is 9.20. The molecule has 1 aliphatic rings. The van der Waals surface area contributed by atoms with Gasteiger partial charge in [0.1, 0.15) is 4.21 Å². The summed E-state index contributed by atoms with van der Waals surface area (Å²) in [6, 6.07) is 5.79. The second-order valence-corrected chi connectivity index (χ2v) is 10.4. The summed E-state index contributed by atoms with van der Waals surface area (Å²) in [5.41, 5.74) is 3.20. The summed E-state index contributed by atoms with van der Waals surface area (Å²) in [5.74, 6) is 1.30. The SMILES string of the molecule is CCCC(CC)C1CCc2cc(S(=O)(=O)c3sc(C)nc3C)ccc21. The van der Waals surface area contributed by atoms with E-state index in [9.17, 15) is 8.42 Å². The minimum absolute atomic E-state index is 0.386. The molecule has 0 radical (unpaired) electrons. The molecule has 0 saturated heterocycles. The predicted molar refractivity (Wildman–Crippen MR) is 103 cm³/mol. The zero-order chi connectivity index (χ0) is 18.2. The lowest BCUT2D eigenvalue weighted by molar-refractivity contribution is 0.377. The van der Waals surface area contributed by atoms with Gasteiger partial charge in [-0.15, -0.1) is 11.3 Å². The molecule has 5 heteroatoms. The zero-order valence-electron chi connectivity index (χ0n) is 15.5. The molecule has 0 fully saturated rings. The lowest BCUT2D eigenvalue weighted by Crippen LogP contribution is -2.10. The van der Waals surface area contributed by atoms with E-state index in [2.05, 4.69) is 24.9 Å². The minimum Gasteiger partial charge on any atom is -0.245 e. The molecule has 1 heterocycles. The number of aryl methyl sites for hydroxylation is 3. The fourth-order valence-electron chi connectivity index (χ4n) is 4.21. The molecule has 2 atom stereocenters. The van der Waals surface area contributed by atoms with Crippen LogP contribution in [0, 0.1) is 19.8 Å². The summed E-state index contributed by atoms with van der Waals surface area (Å²) in [7, 11) is -3.47. The van der Waals surface area contributed by atoms with Crippen LogP contribution >= 0.6 is 11.3 Å². The van der Waals surface area contributed by atoms with Gasteiger partial charge in [-0.3, -0.25) is 0 Å². The average Bonchev–Trinajstić information content (AvgIpc) is 3.15. The molecule has 1 aromatic heterocycles. The number of thiazole rings is 1. The van der Waals surface area contributed by atoms with Gasteiger partial charge in [0.05, 0.1) is 15.6 Å². The van der Waals surface area contributed by atoms with Gasteiger partial charge < -0.3 is 0 Å². The topological polar surface area (TPSA) is 47.0 Å². The molecule has 3 nitrogen and oxygen atoms in total. The van der Waals surface area contributed by atoms with Crippen molar-refractivity contribution in [3.05, 3.63) is 40.0 Å². The molecular formula is C20H27NO2S2. The number of fused-ring (bicyclic) bond motifs is 1. The van der Waals surface area contributed by atoms with E-state index in [1.54, 1.807) is 13.0 Å². The van der Waals surface area contributed by atoms with Crippen molar-refractivity contribution < 1.29 is 8.42 Å². The smallest absolute Gasteiger partial charge is 0.217 e. The van der Waals surface area contributed by atoms with E-state index < -0.39 is 9.84 Å².